The molecule has 0 saturated carbocycles. The van der Waals surface area contributed by atoms with Crippen molar-refractivity contribution in [3.05, 3.63) is 39.8 Å². The van der Waals surface area contributed by atoms with Crippen LogP contribution >= 0.6 is 0 Å². The number of nitroso groups, excluding NO2 is 1. The number of hydrogen-bond donors (Lipinski definition) is 0. The highest BCUT2D eigenvalue weighted by atomic mass is 16.3. The number of aryl methyl sites for hydroxylation is 2. The average molecular weight is 163 g/mol. The molecule has 12 heavy (non-hydrogen) atoms. The third kappa shape index (κ3) is 1.75. The third-order valence-electron chi connectivity index (χ3n) is 1.55. The number of nitrogens with zero attached hydrogens (tertiary/aromatic N) is 1. The minimum absolute atomic E-state index is 0.363. The Kier molecular flexibility index (Phi) is 2.33. The molecule has 3 heteroatoms. The molecule has 0 heterocycles. The van der Waals surface area contributed by atoms with Gasteiger partial charge in [-0.15, -0.1) is 4.91 Å². The molecule has 0 radical (unpaired) electrons. The molecular formula is C9H9NO2. The normalized spacial score (nSPS) is 9.50. The topological polar surface area (TPSA) is 46.5 Å². The lowest BCUT2D eigenvalue weighted by Gasteiger charge is -1.98. The lowest BCUT2D eigenvalue weighted by molar-refractivity contribution is 0.100. The molecule has 0 spiro atoms. The largest absolute Gasteiger partial charge is 0.316 e. The summed E-state index contributed by atoms with van der Waals surface area (Å²) in [5.41, 5.74) is 2.28. The predicted molar refractivity (Wildman–Crippen MR) is 46.0 cm³/mol. The molecule has 0 aliphatic rings. The van der Waals surface area contributed by atoms with Gasteiger partial charge in [0.15, 0.2) is 0 Å². The van der Waals surface area contributed by atoms with E-state index in [2.05, 4.69) is 5.18 Å². The van der Waals surface area contributed by atoms with Gasteiger partial charge >= 0.3 is 5.91 Å². The van der Waals surface area contributed by atoms with Gasteiger partial charge in [0.2, 0.25) is 0 Å². The van der Waals surface area contributed by atoms with Gasteiger partial charge in [-0.25, -0.2) is 0 Å². The number of benzene rings is 1. The van der Waals surface area contributed by atoms with Gasteiger partial charge in [-0.2, -0.15) is 0 Å². The van der Waals surface area contributed by atoms with E-state index in [1.54, 1.807) is 12.1 Å². The summed E-state index contributed by atoms with van der Waals surface area (Å²) in [5.74, 6) is -0.707. The van der Waals surface area contributed by atoms with Crippen molar-refractivity contribution in [3.8, 4) is 0 Å². The maximum Gasteiger partial charge on any atom is 0.316 e. The van der Waals surface area contributed by atoms with Crippen molar-refractivity contribution in [1.29, 1.82) is 0 Å². The van der Waals surface area contributed by atoms with E-state index in [-0.39, 0.29) is 0 Å². The molecule has 1 amide bonds. The molecule has 0 aliphatic carbocycles. The molecule has 3 nitrogen and oxygen atoms in total. The smallest absolute Gasteiger partial charge is 0.263 e. The first-order valence-corrected chi connectivity index (χ1v) is 3.59. The summed E-state index contributed by atoms with van der Waals surface area (Å²) >= 11 is 0. The highest BCUT2D eigenvalue weighted by Crippen LogP contribution is 2.09. The SMILES string of the molecule is Cc1cc(C)cc(C(=O)N=O)c1. The molecule has 0 aromatic heterocycles. The summed E-state index contributed by atoms with van der Waals surface area (Å²) in [6, 6.07) is 5.23. The minimum Gasteiger partial charge on any atom is -0.263 e. The Hall–Kier alpha value is -1.51. The molecular weight excluding hydrogens is 154 g/mol. The van der Waals surface area contributed by atoms with E-state index < -0.39 is 5.91 Å². The minimum atomic E-state index is -0.707. The molecule has 1 aromatic carbocycles. The van der Waals surface area contributed by atoms with Crippen LogP contribution in [0.1, 0.15) is 21.5 Å². The van der Waals surface area contributed by atoms with Gasteiger partial charge in [-0.05, 0) is 26.0 Å². The summed E-state index contributed by atoms with van der Waals surface area (Å²) in [7, 11) is 0. The van der Waals surface area contributed by atoms with Crippen LogP contribution in [0.2, 0.25) is 0 Å². The second kappa shape index (κ2) is 3.26. The van der Waals surface area contributed by atoms with Gasteiger partial charge in [-0.1, -0.05) is 17.2 Å². The Labute approximate surface area is 70.4 Å². The average Bonchev–Trinajstić information content (AvgIpc) is 2.01. The predicted octanol–water partition coefficient (Wildman–Crippen LogP) is 2.21. The molecule has 0 aliphatic heterocycles. The number of hydrogen-bond acceptors (Lipinski definition) is 2. The van der Waals surface area contributed by atoms with Crippen LogP contribution in [-0.4, -0.2) is 5.91 Å². The number of carbonyl (C=O) groups is 1. The molecule has 0 fully saturated rings. The van der Waals surface area contributed by atoms with Gasteiger partial charge in [0, 0.05) is 10.7 Å². The van der Waals surface area contributed by atoms with Crippen molar-refractivity contribution in [2.45, 2.75) is 13.8 Å². The van der Waals surface area contributed by atoms with E-state index in [0.29, 0.717) is 5.56 Å². The van der Waals surface area contributed by atoms with Crippen molar-refractivity contribution in [2.24, 2.45) is 5.18 Å². The summed E-state index contributed by atoms with van der Waals surface area (Å²) < 4.78 is 0. The Morgan fingerprint density at radius 3 is 2.08 bits per heavy atom. The Balaban J connectivity index is 3.17. The first kappa shape index (κ1) is 8.59. The van der Waals surface area contributed by atoms with Crippen molar-refractivity contribution in [3.63, 3.8) is 0 Å². The zero-order valence-corrected chi connectivity index (χ0v) is 7.00. The van der Waals surface area contributed by atoms with Crippen LogP contribution in [0.25, 0.3) is 0 Å². The van der Waals surface area contributed by atoms with Crippen LogP contribution in [-0.2, 0) is 0 Å². The van der Waals surface area contributed by atoms with E-state index in [1.807, 2.05) is 19.9 Å². The van der Waals surface area contributed by atoms with Gasteiger partial charge in [-0.3, -0.25) is 4.79 Å². The van der Waals surface area contributed by atoms with Crippen LogP contribution in [0.5, 0.6) is 0 Å². The lowest BCUT2D eigenvalue weighted by atomic mass is 10.1. The Morgan fingerprint density at radius 1 is 1.17 bits per heavy atom. The van der Waals surface area contributed by atoms with Crippen molar-refractivity contribution >= 4 is 5.91 Å². The fraction of sp³-hybridized carbons (Fsp3) is 0.222. The number of amides is 1. The molecule has 0 atom stereocenters. The van der Waals surface area contributed by atoms with E-state index >= 15 is 0 Å². The van der Waals surface area contributed by atoms with Crippen molar-refractivity contribution in [2.75, 3.05) is 0 Å². The van der Waals surface area contributed by atoms with Gasteiger partial charge in [0.25, 0.3) is 0 Å². The quantitative estimate of drug-likeness (QED) is 0.596. The van der Waals surface area contributed by atoms with Gasteiger partial charge in [0.05, 0.1) is 0 Å². The summed E-state index contributed by atoms with van der Waals surface area (Å²) in [6.07, 6.45) is 0. The summed E-state index contributed by atoms with van der Waals surface area (Å²) in [6.45, 7) is 3.74. The van der Waals surface area contributed by atoms with Gasteiger partial charge in [0.1, 0.15) is 0 Å². The number of rotatable bonds is 1. The standard InChI is InChI=1S/C9H9NO2/c1-6-3-7(2)5-8(4-6)9(11)10-12/h3-5H,1-2H3. The zero-order chi connectivity index (χ0) is 9.14. The van der Waals surface area contributed by atoms with Crippen LogP contribution in [0, 0.1) is 18.8 Å². The molecule has 0 N–H and O–H groups in total. The third-order valence-corrected chi connectivity index (χ3v) is 1.55. The summed E-state index contributed by atoms with van der Waals surface area (Å²) in [4.78, 5) is 20.8. The Morgan fingerprint density at radius 2 is 1.67 bits per heavy atom. The van der Waals surface area contributed by atoms with Crippen molar-refractivity contribution in [1.82, 2.24) is 0 Å². The highest BCUT2D eigenvalue weighted by molar-refractivity contribution is 5.95. The highest BCUT2D eigenvalue weighted by Gasteiger charge is 2.05. The number of carbonyl (C=O) groups excluding carboxylic acids is 1. The van der Waals surface area contributed by atoms with Crippen LogP contribution < -0.4 is 0 Å². The fourth-order valence-electron chi connectivity index (χ4n) is 1.15. The maximum atomic E-state index is 10.8. The second-order valence-electron chi connectivity index (χ2n) is 2.77. The van der Waals surface area contributed by atoms with Gasteiger partial charge < -0.3 is 0 Å². The molecule has 1 aromatic rings. The van der Waals surface area contributed by atoms with Crippen LogP contribution in [0.15, 0.2) is 23.4 Å². The molecule has 62 valence electrons. The van der Waals surface area contributed by atoms with E-state index in [0.717, 1.165) is 11.1 Å². The first-order chi connectivity index (χ1) is 5.63. The molecule has 1 rings (SSSR count). The lowest BCUT2D eigenvalue weighted by Crippen LogP contribution is -1.94. The fourth-order valence-corrected chi connectivity index (χ4v) is 1.15. The zero-order valence-electron chi connectivity index (χ0n) is 7.00. The van der Waals surface area contributed by atoms with Crippen LogP contribution in [0.3, 0.4) is 0 Å². The van der Waals surface area contributed by atoms with E-state index in [1.165, 1.54) is 0 Å². The summed E-state index contributed by atoms with van der Waals surface area (Å²) in [5, 5.41) is 2.35. The van der Waals surface area contributed by atoms with E-state index in [9.17, 15) is 9.70 Å². The van der Waals surface area contributed by atoms with E-state index in [4.69, 9.17) is 0 Å². The maximum absolute atomic E-state index is 10.8. The second-order valence-corrected chi connectivity index (χ2v) is 2.77. The molecule has 0 bridgehead atoms. The monoisotopic (exact) mass is 163 g/mol. The van der Waals surface area contributed by atoms with Crippen molar-refractivity contribution < 1.29 is 4.79 Å². The van der Waals surface area contributed by atoms with Crippen LogP contribution in [0.4, 0.5) is 0 Å². The Bertz CT molecular complexity index is 311. The molecule has 0 saturated heterocycles. The molecule has 0 unspecified atom stereocenters. The first-order valence-electron chi connectivity index (χ1n) is 3.59.